The van der Waals surface area contributed by atoms with Crippen molar-refractivity contribution in [3.63, 3.8) is 0 Å². The Kier molecular flexibility index (Phi) is 4.98. The lowest BCUT2D eigenvalue weighted by Gasteiger charge is -2.28. The molecule has 0 radical (unpaired) electrons. The van der Waals surface area contributed by atoms with E-state index in [4.69, 9.17) is 0 Å². The van der Waals surface area contributed by atoms with Gasteiger partial charge >= 0.3 is 0 Å². The van der Waals surface area contributed by atoms with Crippen LogP contribution in [0.1, 0.15) is 78.6 Å². The lowest BCUT2D eigenvalue weighted by atomic mass is 9.77. The largest absolute Gasteiger partial charge is 0.0654 e. The quantitative estimate of drug-likeness (QED) is 0.549. The van der Waals surface area contributed by atoms with Gasteiger partial charge in [0.25, 0.3) is 0 Å². The standard InChI is InChI=1S/C14H28/c1-4-7-13-8-11-14(12-13,9-5-2)10-6-3/h13H,4-12H2,1-3H3. The molecule has 84 valence electrons. The fourth-order valence-corrected chi connectivity index (χ4v) is 3.62. The SMILES string of the molecule is CCCC1CCC(CCC)(CCC)C1. The van der Waals surface area contributed by atoms with E-state index in [9.17, 15) is 0 Å². The first-order chi connectivity index (χ1) is 6.76. The molecule has 0 saturated heterocycles. The highest BCUT2D eigenvalue weighted by Crippen LogP contribution is 2.49. The smallest absolute Gasteiger partial charge is 0.0295 e. The van der Waals surface area contributed by atoms with Gasteiger partial charge in [-0.3, -0.25) is 0 Å². The van der Waals surface area contributed by atoms with E-state index in [0.717, 1.165) is 11.3 Å². The Morgan fingerprint density at radius 3 is 2.14 bits per heavy atom. The van der Waals surface area contributed by atoms with Gasteiger partial charge in [-0.2, -0.15) is 0 Å². The number of rotatable bonds is 6. The van der Waals surface area contributed by atoms with Crippen LogP contribution in [-0.4, -0.2) is 0 Å². The predicted molar refractivity (Wildman–Crippen MR) is 64.5 cm³/mol. The molecule has 1 rings (SSSR count). The van der Waals surface area contributed by atoms with Gasteiger partial charge in [0.1, 0.15) is 0 Å². The van der Waals surface area contributed by atoms with Crippen molar-refractivity contribution < 1.29 is 0 Å². The first-order valence-electron chi connectivity index (χ1n) is 6.76. The minimum absolute atomic E-state index is 0.767. The third-order valence-electron chi connectivity index (χ3n) is 4.06. The fourth-order valence-electron chi connectivity index (χ4n) is 3.62. The summed E-state index contributed by atoms with van der Waals surface area (Å²) in [4.78, 5) is 0. The second-order valence-electron chi connectivity index (χ2n) is 5.40. The molecule has 0 nitrogen and oxygen atoms in total. The second kappa shape index (κ2) is 5.78. The van der Waals surface area contributed by atoms with Crippen molar-refractivity contribution in [1.29, 1.82) is 0 Å². The Morgan fingerprint density at radius 2 is 1.64 bits per heavy atom. The Labute approximate surface area is 90.5 Å². The summed E-state index contributed by atoms with van der Waals surface area (Å²) in [6.45, 7) is 7.04. The van der Waals surface area contributed by atoms with Crippen molar-refractivity contribution in [1.82, 2.24) is 0 Å². The predicted octanol–water partition coefficient (Wildman–Crippen LogP) is 5.17. The molecule has 0 bridgehead atoms. The van der Waals surface area contributed by atoms with Gasteiger partial charge in [-0.15, -0.1) is 0 Å². The van der Waals surface area contributed by atoms with Gasteiger partial charge in [0, 0.05) is 0 Å². The molecular formula is C14H28. The average Bonchev–Trinajstić information content (AvgIpc) is 2.51. The molecule has 1 saturated carbocycles. The summed E-state index contributed by atoms with van der Waals surface area (Å²) in [7, 11) is 0. The van der Waals surface area contributed by atoms with E-state index in [2.05, 4.69) is 20.8 Å². The Hall–Kier alpha value is 0. The van der Waals surface area contributed by atoms with Crippen molar-refractivity contribution in [2.24, 2.45) is 11.3 Å². The zero-order valence-electron chi connectivity index (χ0n) is 10.4. The van der Waals surface area contributed by atoms with Crippen LogP contribution in [0.3, 0.4) is 0 Å². The molecule has 1 unspecified atom stereocenters. The van der Waals surface area contributed by atoms with Crippen molar-refractivity contribution in [3.8, 4) is 0 Å². The number of hydrogen-bond donors (Lipinski definition) is 0. The molecule has 0 amide bonds. The van der Waals surface area contributed by atoms with E-state index >= 15 is 0 Å². The van der Waals surface area contributed by atoms with E-state index in [1.807, 2.05) is 0 Å². The van der Waals surface area contributed by atoms with Crippen LogP contribution >= 0.6 is 0 Å². The molecule has 1 aliphatic rings. The molecule has 1 aliphatic carbocycles. The molecule has 0 aromatic carbocycles. The van der Waals surface area contributed by atoms with E-state index in [-0.39, 0.29) is 0 Å². The summed E-state index contributed by atoms with van der Waals surface area (Å²) in [6, 6.07) is 0. The molecule has 1 atom stereocenters. The molecule has 0 N–H and O–H groups in total. The summed E-state index contributed by atoms with van der Waals surface area (Å²) >= 11 is 0. The average molecular weight is 196 g/mol. The monoisotopic (exact) mass is 196 g/mol. The van der Waals surface area contributed by atoms with Gasteiger partial charge in [-0.25, -0.2) is 0 Å². The normalized spacial score (nSPS) is 25.5. The first kappa shape index (κ1) is 12.1. The zero-order chi connectivity index (χ0) is 10.4. The third kappa shape index (κ3) is 3.00. The van der Waals surface area contributed by atoms with E-state index in [1.54, 1.807) is 6.42 Å². The molecule has 14 heavy (non-hydrogen) atoms. The van der Waals surface area contributed by atoms with Crippen LogP contribution in [0.4, 0.5) is 0 Å². The van der Waals surface area contributed by atoms with Crippen LogP contribution < -0.4 is 0 Å². The highest BCUT2D eigenvalue weighted by molar-refractivity contribution is 4.88. The van der Waals surface area contributed by atoms with Gasteiger partial charge in [0.05, 0.1) is 0 Å². The van der Waals surface area contributed by atoms with E-state index in [1.165, 1.54) is 51.4 Å². The summed E-state index contributed by atoms with van der Waals surface area (Å²) in [5, 5.41) is 0. The van der Waals surface area contributed by atoms with Gasteiger partial charge in [-0.05, 0) is 43.4 Å². The maximum Gasteiger partial charge on any atom is -0.0295 e. The zero-order valence-corrected chi connectivity index (χ0v) is 10.4. The first-order valence-corrected chi connectivity index (χ1v) is 6.76. The Balaban J connectivity index is 2.45. The summed E-state index contributed by atoms with van der Waals surface area (Å²) in [5.74, 6) is 1.07. The molecular weight excluding hydrogens is 168 g/mol. The molecule has 0 aliphatic heterocycles. The van der Waals surface area contributed by atoms with Crippen LogP contribution in [0, 0.1) is 11.3 Å². The summed E-state index contributed by atoms with van der Waals surface area (Å²) < 4.78 is 0. The molecule has 0 heterocycles. The van der Waals surface area contributed by atoms with E-state index < -0.39 is 0 Å². The fraction of sp³-hybridized carbons (Fsp3) is 1.00. The highest BCUT2D eigenvalue weighted by atomic mass is 14.4. The van der Waals surface area contributed by atoms with Crippen LogP contribution in [0.5, 0.6) is 0 Å². The van der Waals surface area contributed by atoms with Crippen LogP contribution in [-0.2, 0) is 0 Å². The highest BCUT2D eigenvalue weighted by Gasteiger charge is 2.36. The Bertz CT molecular complexity index is 142. The minimum Gasteiger partial charge on any atom is -0.0654 e. The molecule has 0 aromatic rings. The molecule has 1 fully saturated rings. The van der Waals surface area contributed by atoms with Crippen molar-refractivity contribution in [2.75, 3.05) is 0 Å². The maximum absolute atomic E-state index is 2.35. The van der Waals surface area contributed by atoms with Crippen molar-refractivity contribution in [2.45, 2.75) is 78.6 Å². The van der Waals surface area contributed by atoms with Crippen LogP contribution in [0.2, 0.25) is 0 Å². The topological polar surface area (TPSA) is 0 Å². The molecule has 0 aromatic heterocycles. The van der Waals surface area contributed by atoms with Gasteiger partial charge < -0.3 is 0 Å². The van der Waals surface area contributed by atoms with E-state index in [0.29, 0.717) is 0 Å². The minimum atomic E-state index is 0.767. The lowest BCUT2D eigenvalue weighted by molar-refractivity contribution is 0.230. The van der Waals surface area contributed by atoms with Crippen LogP contribution in [0.25, 0.3) is 0 Å². The second-order valence-corrected chi connectivity index (χ2v) is 5.40. The summed E-state index contributed by atoms with van der Waals surface area (Å²) in [6.07, 6.45) is 13.2. The molecule has 0 spiro atoms. The maximum atomic E-state index is 2.35. The van der Waals surface area contributed by atoms with Crippen molar-refractivity contribution >= 4 is 0 Å². The Morgan fingerprint density at radius 1 is 1.00 bits per heavy atom. The van der Waals surface area contributed by atoms with Crippen molar-refractivity contribution in [3.05, 3.63) is 0 Å². The van der Waals surface area contributed by atoms with Gasteiger partial charge in [-0.1, -0.05) is 46.5 Å². The summed E-state index contributed by atoms with van der Waals surface area (Å²) in [5.41, 5.74) is 0.767. The van der Waals surface area contributed by atoms with Gasteiger partial charge in [0.2, 0.25) is 0 Å². The molecule has 0 heteroatoms. The lowest BCUT2D eigenvalue weighted by Crippen LogP contribution is -2.16. The van der Waals surface area contributed by atoms with Crippen LogP contribution in [0.15, 0.2) is 0 Å². The number of hydrogen-bond acceptors (Lipinski definition) is 0. The van der Waals surface area contributed by atoms with Gasteiger partial charge in [0.15, 0.2) is 0 Å². The third-order valence-corrected chi connectivity index (χ3v) is 4.06.